The van der Waals surface area contributed by atoms with E-state index in [1.807, 2.05) is 37.3 Å². The molecule has 3 heterocycles. The van der Waals surface area contributed by atoms with Crippen LogP contribution in [0.3, 0.4) is 0 Å². The molecule has 0 bridgehead atoms. The molecule has 3 aromatic rings. The van der Waals surface area contributed by atoms with Crippen molar-refractivity contribution in [2.45, 2.75) is 18.4 Å². The minimum atomic E-state index is -3.21. The molecule has 0 radical (unpaired) electrons. The van der Waals surface area contributed by atoms with Gasteiger partial charge in [-0.2, -0.15) is 0 Å². The molecule has 25 heavy (non-hydrogen) atoms. The molecule has 0 atom stereocenters. The summed E-state index contributed by atoms with van der Waals surface area (Å²) < 4.78 is 25.5. The van der Waals surface area contributed by atoms with E-state index < -0.39 is 9.84 Å². The lowest BCUT2D eigenvalue weighted by Crippen LogP contribution is -2.00. The van der Waals surface area contributed by atoms with E-state index in [1.54, 1.807) is 12.1 Å². The SMILES string of the molecule is Cc1cccc(-c2nc3n(c2-c2ccc(S(C)(=O)=O)cc2)CCN3)n1. The Labute approximate surface area is 146 Å². The van der Waals surface area contributed by atoms with Gasteiger partial charge in [0.15, 0.2) is 9.84 Å². The number of benzene rings is 1. The molecule has 0 aliphatic carbocycles. The fraction of sp³-hybridized carbons (Fsp3) is 0.222. The van der Waals surface area contributed by atoms with Gasteiger partial charge in [0.2, 0.25) is 5.95 Å². The third-order valence-electron chi connectivity index (χ3n) is 4.27. The number of pyridine rings is 1. The standard InChI is InChI=1S/C18H18N4O2S/c1-12-4-3-5-15(20-12)16-17(22-11-10-19-18(22)21-16)13-6-8-14(9-7-13)25(2,23)24/h3-9H,10-11H2,1-2H3,(H,19,21). The average molecular weight is 354 g/mol. The highest BCUT2D eigenvalue weighted by molar-refractivity contribution is 7.90. The van der Waals surface area contributed by atoms with E-state index in [-0.39, 0.29) is 0 Å². The summed E-state index contributed by atoms with van der Waals surface area (Å²) in [5.41, 5.74) is 4.42. The summed E-state index contributed by atoms with van der Waals surface area (Å²) in [6, 6.07) is 12.8. The molecule has 0 unspecified atom stereocenters. The quantitative estimate of drug-likeness (QED) is 0.783. The molecule has 4 rings (SSSR count). The Hall–Kier alpha value is -2.67. The third kappa shape index (κ3) is 2.80. The van der Waals surface area contributed by atoms with Crippen molar-refractivity contribution in [1.29, 1.82) is 0 Å². The molecule has 1 aliphatic rings. The lowest BCUT2D eigenvalue weighted by Gasteiger charge is -2.09. The van der Waals surface area contributed by atoms with Crippen LogP contribution in [0, 0.1) is 6.92 Å². The number of rotatable bonds is 3. The molecule has 0 saturated heterocycles. The van der Waals surface area contributed by atoms with Crippen LogP contribution < -0.4 is 5.32 Å². The maximum atomic E-state index is 11.7. The largest absolute Gasteiger partial charge is 0.354 e. The third-order valence-corrected chi connectivity index (χ3v) is 5.40. The van der Waals surface area contributed by atoms with Gasteiger partial charge in [-0.3, -0.25) is 4.98 Å². The first-order valence-electron chi connectivity index (χ1n) is 8.02. The van der Waals surface area contributed by atoms with Crippen LogP contribution in [0.25, 0.3) is 22.6 Å². The number of aryl methyl sites for hydroxylation is 1. The van der Waals surface area contributed by atoms with E-state index in [0.717, 1.165) is 47.4 Å². The number of fused-ring (bicyclic) bond motifs is 1. The van der Waals surface area contributed by atoms with Crippen molar-refractivity contribution in [2.75, 3.05) is 18.1 Å². The second-order valence-electron chi connectivity index (χ2n) is 6.17. The van der Waals surface area contributed by atoms with Gasteiger partial charge >= 0.3 is 0 Å². The maximum Gasteiger partial charge on any atom is 0.204 e. The van der Waals surface area contributed by atoms with Crippen molar-refractivity contribution in [3.63, 3.8) is 0 Å². The zero-order valence-electron chi connectivity index (χ0n) is 14.0. The molecule has 0 amide bonds. The summed E-state index contributed by atoms with van der Waals surface area (Å²) >= 11 is 0. The lowest BCUT2D eigenvalue weighted by molar-refractivity contribution is 0.602. The van der Waals surface area contributed by atoms with Crippen LogP contribution in [0.5, 0.6) is 0 Å². The van der Waals surface area contributed by atoms with Crippen LogP contribution >= 0.6 is 0 Å². The van der Waals surface area contributed by atoms with Crippen LogP contribution in [0.2, 0.25) is 0 Å². The molecule has 6 nitrogen and oxygen atoms in total. The molecule has 1 aromatic carbocycles. The van der Waals surface area contributed by atoms with Crippen LogP contribution in [0.4, 0.5) is 5.95 Å². The average Bonchev–Trinajstić information content (AvgIpc) is 3.15. The molecular weight excluding hydrogens is 336 g/mol. The summed E-state index contributed by atoms with van der Waals surface area (Å²) in [5, 5.41) is 3.28. The predicted molar refractivity (Wildman–Crippen MR) is 97.2 cm³/mol. The second kappa shape index (κ2) is 5.70. The van der Waals surface area contributed by atoms with E-state index in [0.29, 0.717) is 4.90 Å². The van der Waals surface area contributed by atoms with Crippen LogP contribution in [-0.4, -0.2) is 35.8 Å². The Morgan fingerprint density at radius 2 is 1.84 bits per heavy atom. The molecular formula is C18H18N4O2S. The highest BCUT2D eigenvalue weighted by Gasteiger charge is 2.24. The first-order valence-corrected chi connectivity index (χ1v) is 9.91. The first-order chi connectivity index (χ1) is 11.9. The highest BCUT2D eigenvalue weighted by Crippen LogP contribution is 2.35. The van der Waals surface area contributed by atoms with Gasteiger partial charge in [0.05, 0.1) is 16.3 Å². The molecule has 0 saturated carbocycles. The van der Waals surface area contributed by atoms with Crippen LogP contribution in [0.1, 0.15) is 5.69 Å². The number of aromatic nitrogens is 3. The van der Waals surface area contributed by atoms with Crippen molar-refractivity contribution in [1.82, 2.24) is 14.5 Å². The van der Waals surface area contributed by atoms with Gasteiger partial charge in [-0.05, 0) is 31.2 Å². The summed E-state index contributed by atoms with van der Waals surface area (Å²) in [4.78, 5) is 9.63. The van der Waals surface area contributed by atoms with Gasteiger partial charge in [-0.1, -0.05) is 18.2 Å². The Bertz CT molecular complexity index is 1050. The Balaban J connectivity index is 1.89. The van der Waals surface area contributed by atoms with Crippen molar-refractivity contribution in [3.05, 3.63) is 48.2 Å². The van der Waals surface area contributed by atoms with E-state index >= 15 is 0 Å². The van der Waals surface area contributed by atoms with E-state index in [1.165, 1.54) is 6.26 Å². The van der Waals surface area contributed by atoms with Gasteiger partial charge in [-0.15, -0.1) is 0 Å². The number of hydrogen-bond acceptors (Lipinski definition) is 5. The van der Waals surface area contributed by atoms with E-state index in [2.05, 4.69) is 14.9 Å². The lowest BCUT2D eigenvalue weighted by atomic mass is 10.1. The predicted octanol–water partition coefficient (Wildman–Crippen LogP) is 2.75. The minimum absolute atomic E-state index is 0.311. The number of nitrogens with one attached hydrogen (secondary N) is 1. The number of nitrogens with zero attached hydrogens (tertiary/aromatic N) is 3. The topological polar surface area (TPSA) is 76.9 Å². The van der Waals surface area contributed by atoms with Crippen molar-refractivity contribution >= 4 is 15.8 Å². The number of anilines is 1. The summed E-state index contributed by atoms with van der Waals surface area (Å²) in [5.74, 6) is 0.820. The number of imidazole rings is 1. The molecule has 128 valence electrons. The van der Waals surface area contributed by atoms with Crippen molar-refractivity contribution in [3.8, 4) is 22.6 Å². The monoisotopic (exact) mass is 354 g/mol. The molecule has 0 fully saturated rings. The Morgan fingerprint density at radius 3 is 2.52 bits per heavy atom. The van der Waals surface area contributed by atoms with Gasteiger partial charge in [0.1, 0.15) is 5.69 Å². The van der Waals surface area contributed by atoms with Gasteiger partial charge in [-0.25, -0.2) is 13.4 Å². The summed E-state index contributed by atoms with van der Waals surface area (Å²) in [6.07, 6.45) is 1.21. The zero-order valence-corrected chi connectivity index (χ0v) is 14.8. The molecule has 7 heteroatoms. The Morgan fingerprint density at radius 1 is 1.08 bits per heavy atom. The second-order valence-corrected chi connectivity index (χ2v) is 8.19. The molecule has 1 aliphatic heterocycles. The van der Waals surface area contributed by atoms with Crippen LogP contribution in [-0.2, 0) is 16.4 Å². The zero-order chi connectivity index (χ0) is 17.6. The van der Waals surface area contributed by atoms with E-state index in [4.69, 9.17) is 4.98 Å². The fourth-order valence-corrected chi connectivity index (χ4v) is 3.72. The normalized spacial score (nSPS) is 13.5. The molecule has 1 N–H and O–H groups in total. The molecule has 0 spiro atoms. The highest BCUT2D eigenvalue weighted by atomic mass is 32.2. The first kappa shape index (κ1) is 15.8. The number of hydrogen-bond donors (Lipinski definition) is 1. The Kier molecular flexibility index (Phi) is 3.61. The van der Waals surface area contributed by atoms with Crippen molar-refractivity contribution in [2.24, 2.45) is 0 Å². The van der Waals surface area contributed by atoms with Gasteiger partial charge in [0, 0.05) is 30.6 Å². The van der Waals surface area contributed by atoms with Crippen molar-refractivity contribution < 1.29 is 8.42 Å². The van der Waals surface area contributed by atoms with Gasteiger partial charge in [0.25, 0.3) is 0 Å². The summed E-state index contributed by atoms with van der Waals surface area (Å²) in [7, 11) is -3.21. The van der Waals surface area contributed by atoms with Crippen LogP contribution in [0.15, 0.2) is 47.4 Å². The van der Waals surface area contributed by atoms with E-state index in [9.17, 15) is 8.42 Å². The van der Waals surface area contributed by atoms with Gasteiger partial charge < -0.3 is 9.88 Å². The maximum absolute atomic E-state index is 11.7. The fourth-order valence-electron chi connectivity index (χ4n) is 3.09. The summed E-state index contributed by atoms with van der Waals surface area (Å²) in [6.45, 7) is 3.60. The molecule has 2 aromatic heterocycles. The smallest absolute Gasteiger partial charge is 0.204 e. The minimum Gasteiger partial charge on any atom is -0.354 e. The number of sulfone groups is 1.